The number of likely N-dealkylation sites (N-methyl/N-ethyl adjacent to an activating group) is 1. The normalized spacial score (nSPS) is 15.2. The van der Waals surface area contributed by atoms with Crippen molar-refractivity contribution in [1.29, 1.82) is 0 Å². The molecule has 2 atom stereocenters. The average molecular weight is 255 g/mol. The first-order valence-electron chi connectivity index (χ1n) is 6.39. The summed E-state index contributed by atoms with van der Waals surface area (Å²) in [6.07, 6.45) is 2.47. The van der Waals surface area contributed by atoms with Crippen LogP contribution in [-0.4, -0.2) is 29.5 Å². The van der Waals surface area contributed by atoms with Gasteiger partial charge >= 0.3 is 0 Å². The summed E-state index contributed by atoms with van der Waals surface area (Å²) in [7, 11) is 2.17. The predicted molar refractivity (Wildman–Crippen MR) is 75.2 cm³/mol. The number of rotatable bonds is 7. The second-order valence-corrected chi connectivity index (χ2v) is 5.78. The second kappa shape index (κ2) is 7.09. The lowest BCUT2D eigenvalue weighted by Gasteiger charge is -2.31. The van der Waals surface area contributed by atoms with Crippen LogP contribution in [0.3, 0.4) is 0 Å². The smallest absolute Gasteiger partial charge is 0.0798 e. The van der Waals surface area contributed by atoms with Gasteiger partial charge in [-0.05, 0) is 26.3 Å². The molecule has 98 valence electrons. The topological polar surface area (TPSA) is 42.1 Å². The Labute approximate surface area is 109 Å². The molecule has 3 nitrogen and oxygen atoms in total. The molecule has 17 heavy (non-hydrogen) atoms. The minimum absolute atomic E-state index is 0.469. The number of nitrogens with two attached hydrogens (primary N) is 1. The van der Waals surface area contributed by atoms with Crippen LogP contribution >= 0.6 is 11.3 Å². The Morgan fingerprint density at radius 1 is 1.53 bits per heavy atom. The lowest BCUT2D eigenvalue weighted by molar-refractivity contribution is 0.175. The van der Waals surface area contributed by atoms with Gasteiger partial charge in [-0.25, -0.2) is 4.98 Å². The summed E-state index contributed by atoms with van der Waals surface area (Å²) < 4.78 is 0. The van der Waals surface area contributed by atoms with E-state index in [9.17, 15) is 0 Å². The van der Waals surface area contributed by atoms with Crippen LogP contribution < -0.4 is 5.73 Å². The molecule has 0 saturated heterocycles. The molecule has 0 fully saturated rings. The van der Waals surface area contributed by atoms with E-state index in [2.05, 4.69) is 37.7 Å². The summed E-state index contributed by atoms with van der Waals surface area (Å²) in [6, 6.07) is 0.469. The predicted octanol–water partition coefficient (Wildman–Crippen LogP) is 2.65. The van der Waals surface area contributed by atoms with Crippen molar-refractivity contribution in [2.75, 3.05) is 13.6 Å². The van der Waals surface area contributed by atoms with E-state index in [1.54, 1.807) is 11.3 Å². The Morgan fingerprint density at radius 3 is 2.71 bits per heavy atom. The Kier molecular flexibility index (Phi) is 6.09. The highest BCUT2D eigenvalue weighted by Gasteiger charge is 2.20. The minimum atomic E-state index is 0.469. The van der Waals surface area contributed by atoms with Crippen LogP contribution in [0, 0.1) is 12.8 Å². The Morgan fingerprint density at radius 2 is 2.24 bits per heavy atom. The summed E-state index contributed by atoms with van der Waals surface area (Å²) in [4.78, 5) is 8.03. The highest BCUT2D eigenvalue weighted by atomic mass is 32.1. The third-order valence-corrected chi connectivity index (χ3v) is 4.37. The van der Waals surface area contributed by atoms with E-state index >= 15 is 0 Å². The van der Waals surface area contributed by atoms with Gasteiger partial charge in [-0.1, -0.05) is 20.3 Å². The number of hydrogen-bond donors (Lipinski definition) is 1. The lowest BCUT2D eigenvalue weighted by atomic mass is 9.96. The van der Waals surface area contributed by atoms with Crippen LogP contribution in [0.4, 0.5) is 0 Å². The molecule has 2 N–H and O–H groups in total. The van der Waals surface area contributed by atoms with E-state index in [-0.39, 0.29) is 0 Å². The summed E-state index contributed by atoms with van der Waals surface area (Å²) in [5.74, 6) is 0.656. The van der Waals surface area contributed by atoms with Crippen molar-refractivity contribution in [3.63, 3.8) is 0 Å². The standard InChI is InChI=1S/C13H25N3S/c1-5-6-10(2)12(7-14)16(4)8-13-11(3)15-9-17-13/h9-10,12H,5-8,14H2,1-4H3. The van der Waals surface area contributed by atoms with Gasteiger partial charge in [-0.2, -0.15) is 0 Å². The molecule has 1 rings (SSSR count). The molecule has 0 amide bonds. The maximum atomic E-state index is 5.92. The SMILES string of the molecule is CCCC(C)C(CN)N(C)Cc1scnc1C. The molecule has 4 heteroatoms. The van der Waals surface area contributed by atoms with Crippen molar-refractivity contribution in [1.82, 2.24) is 9.88 Å². The summed E-state index contributed by atoms with van der Waals surface area (Å²) in [5.41, 5.74) is 8.99. The molecule has 0 aliphatic rings. The molecule has 0 radical (unpaired) electrons. The fraction of sp³-hybridized carbons (Fsp3) is 0.769. The molecule has 1 aromatic rings. The fourth-order valence-electron chi connectivity index (χ4n) is 2.32. The third-order valence-electron chi connectivity index (χ3n) is 3.45. The van der Waals surface area contributed by atoms with Gasteiger partial charge in [0.05, 0.1) is 11.2 Å². The quantitative estimate of drug-likeness (QED) is 0.814. The van der Waals surface area contributed by atoms with Crippen LogP contribution in [0.25, 0.3) is 0 Å². The summed E-state index contributed by atoms with van der Waals surface area (Å²) >= 11 is 1.74. The number of thiazole rings is 1. The Hall–Kier alpha value is -0.450. The molecular formula is C13H25N3S. The third kappa shape index (κ3) is 4.05. The van der Waals surface area contributed by atoms with Crippen molar-refractivity contribution >= 4 is 11.3 Å². The molecule has 0 aliphatic carbocycles. The van der Waals surface area contributed by atoms with Crippen LogP contribution in [0.1, 0.15) is 37.3 Å². The zero-order valence-electron chi connectivity index (χ0n) is 11.4. The van der Waals surface area contributed by atoms with Gasteiger partial charge < -0.3 is 5.73 Å². The van der Waals surface area contributed by atoms with Gasteiger partial charge in [0, 0.05) is 24.0 Å². The van der Waals surface area contributed by atoms with E-state index in [1.165, 1.54) is 17.7 Å². The van der Waals surface area contributed by atoms with E-state index < -0.39 is 0 Å². The minimum Gasteiger partial charge on any atom is -0.329 e. The van der Waals surface area contributed by atoms with Gasteiger partial charge in [0.15, 0.2) is 0 Å². The number of aryl methyl sites for hydroxylation is 1. The molecule has 0 saturated carbocycles. The van der Waals surface area contributed by atoms with Crippen LogP contribution in [0.5, 0.6) is 0 Å². The maximum absolute atomic E-state index is 5.92. The van der Waals surface area contributed by atoms with Crippen molar-refractivity contribution in [3.05, 3.63) is 16.1 Å². The van der Waals surface area contributed by atoms with Crippen molar-refractivity contribution < 1.29 is 0 Å². The molecule has 0 bridgehead atoms. The Balaban J connectivity index is 2.60. The summed E-state index contributed by atoms with van der Waals surface area (Å²) in [5, 5.41) is 0. The van der Waals surface area contributed by atoms with E-state index in [4.69, 9.17) is 5.73 Å². The zero-order chi connectivity index (χ0) is 12.8. The van der Waals surface area contributed by atoms with E-state index in [0.717, 1.165) is 18.8 Å². The van der Waals surface area contributed by atoms with E-state index in [0.29, 0.717) is 12.0 Å². The molecule has 0 aliphatic heterocycles. The van der Waals surface area contributed by atoms with Gasteiger partial charge in [-0.3, -0.25) is 4.90 Å². The molecular weight excluding hydrogens is 230 g/mol. The Bertz CT molecular complexity index is 324. The number of nitrogens with zero attached hydrogens (tertiary/aromatic N) is 2. The largest absolute Gasteiger partial charge is 0.329 e. The lowest BCUT2D eigenvalue weighted by Crippen LogP contribution is -2.42. The van der Waals surface area contributed by atoms with Crippen molar-refractivity contribution in [2.24, 2.45) is 11.7 Å². The van der Waals surface area contributed by atoms with Gasteiger partial charge in [0.2, 0.25) is 0 Å². The highest BCUT2D eigenvalue weighted by molar-refractivity contribution is 7.09. The van der Waals surface area contributed by atoms with Gasteiger partial charge in [0.25, 0.3) is 0 Å². The summed E-state index contributed by atoms with van der Waals surface area (Å²) in [6.45, 7) is 8.31. The van der Waals surface area contributed by atoms with Gasteiger partial charge in [-0.15, -0.1) is 11.3 Å². The first-order chi connectivity index (χ1) is 8.10. The first kappa shape index (κ1) is 14.6. The molecule has 0 aromatic carbocycles. The first-order valence-corrected chi connectivity index (χ1v) is 7.27. The zero-order valence-corrected chi connectivity index (χ0v) is 12.3. The van der Waals surface area contributed by atoms with Crippen LogP contribution in [0.2, 0.25) is 0 Å². The average Bonchev–Trinajstić information content (AvgIpc) is 2.66. The van der Waals surface area contributed by atoms with E-state index in [1.807, 2.05) is 5.51 Å². The molecule has 1 aromatic heterocycles. The second-order valence-electron chi connectivity index (χ2n) is 4.85. The number of aromatic nitrogens is 1. The maximum Gasteiger partial charge on any atom is 0.0798 e. The van der Waals surface area contributed by atoms with Crippen molar-refractivity contribution in [3.8, 4) is 0 Å². The fourth-order valence-corrected chi connectivity index (χ4v) is 3.16. The van der Waals surface area contributed by atoms with Crippen LogP contribution in [-0.2, 0) is 6.54 Å². The molecule has 2 unspecified atom stereocenters. The highest BCUT2D eigenvalue weighted by Crippen LogP contribution is 2.20. The monoisotopic (exact) mass is 255 g/mol. The number of hydrogen-bond acceptors (Lipinski definition) is 4. The van der Waals surface area contributed by atoms with Gasteiger partial charge in [0.1, 0.15) is 0 Å². The molecule has 1 heterocycles. The van der Waals surface area contributed by atoms with Crippen LogP contribution in [0.15, 0.2) is 5.51 Å². The van der Waals surface area contributed by atoms with Crippen molar-refractivity contribution in [2.45, 2.75) is 46.2 Å². The molecule has 0 spiro atoms.